The maximum Gasteiger partial charge on any atom is 0.417 e. The molecule has 0 aliphatic heterocycles. The van der Waals surface area contributed by atoms with Crippen molar-refractivity contribution in [2.24, 2.45) is 0 Å². The average molecular weight is 380 g/mol. The minimum Gasteiger partial charge on any atom is -0.408 e. The molecule has 0 fully saturated rings. The Morgan fingerprint density at radius 1 is 1.20 bits per heavy atom. The SMILES string of the molecule is CC(Nc1ccc2oc(=O)[nH]c2c1)c1ccc(I)cc1. The predicted octanol–water partition coefficient (Wildman–Crippen LogP) is 3.90. The third-order valence-electron chi connectivity index (χ3n) is 3.17. The average Bonchev–Trinajstić information content (AvgIpc) is 2.78. The Balaban J connectivity index is 1.84. The molecule has 5 heteroatoms. The fourth-order valence-corrected chi connectivity index (χ4v) is 2.49. The van der Waals surface area contributed by atoms with E-state index in [2.05, 4.69) is 64.1 Å². The quantitative estimate of drug-likeness (QED) is 0.678. The molecule has 3 rings (SSSR count). The number of aromatic nitrogens is 1. The lowest BCUT2D eigenvalue weighted by atomic mass is 10.1. The molecule has 20 heavy (non-hydrogen) atoms. The second-order valence-electron chi connectivity index (χ2n) is 4.64. The van der Waals surface area contributed by atoms with Gasteiger partial charge in [0, 0.05) is 15.3 Å². The number of hydrogen-bond acceptors (Lipinski definition) is 3. The standard InChI is InChI=1S/C15H13IN2O2/c1-9(10-2-4-11(16)5-3-10)17-12-6-7-14-13(8-12)18-15(19)20-14/h2-9,17H,1H3,(H,18,19). The first kappa shape index (κ1) is 13.2. The summed E-state index contributed by atoms with van der Waals surface area (Å²) in [5, 5.41) is 3.41. The van der Waals surface area contributed by atoms with Gasteiger partial charge in [0.2, 0.25) is 0 Å². The van der Waals surface area contributed by atoms with Gasteiger partial charge in [-0.2, -0.15) is 0 Å². The molecule has 1 heterocycles. The molecule has 2 N–H and O–H groups in total. The van der Waals surface area contributed by atoms with Crippen LogP contribution >= 0.6 is 22.6 Å². The molecule has 0 bridgehead atoms. The zero-order chi connectivity index (χ0) is 14.1. The van der Waals surface area contributed by atoms with Crippen molar-refractivity contribution in [1.82, 2.24) is 4.98 Å². The molecule has 0 saturated carbocycles. The molecular formula is C15H13IN2O2. The van der Waals surface area contributed by atoms with Crippen LogP contribution in [-0.2, 0) is 0 Å². The Labute approximate surface area is 129 Å². The first-order valence-electron chi connectivity index (χ1n) is 6.27. The van der Waals surface area contributed by atoms with Crippen molar-refractivity contribution in [2.75, 3.05) is 5.32 Å². The Bertz CT molecular complexity index is 789. The first-order valence-corrected chi connectivity index (χ1v) is 7.34. The summed E-state index contributed by atoms with van der Waals surface area (Å²) < 4.78 is 6.20. The molecule has 0 spiro atoms. The van der Waals surface area contributed by atoms with Gasteiger partial charge in [-0.05, 0) is 65.4 Å². The zero-order valence-electron chi connectivity index (χ0n) is 10.8. The number of H-pyrrole nitrogens is 1. The Morgan fingerprint density at radius 3 is 2.70 bits per heavy atom. The van der Waals surface area contributed by atoms with E-state index in [0.717, 1.165) is 5.69 Å². The highest BCUT2D eigenvalue weighted by Gasteiger charge is 2.07. The topological polar surface area (TPSA) is 58.0 Å². The summed E-state index contributed by atoms with van der Waals surface area (Å²) in [6, 6.07) is 14.1. The van der Waals surface area contributed by atoms with Crippen molar-refractivity contribution in [3.63, 3.8) is 0 Å². The monoisotopic (exact) mass is 380 g/mol. The number of fused-ring (bicyclic) bond motifs is 1. The summed E-state index contributed by atoms with van der Waals surface area (Å²) in [6.07, 6.45) is 0. The van der Waals surface area contributed by atoms with E-state index >= 15 is 0 Å². The van der Waals surface area contributed by atoms with E-state index in [1.807, 2.05) is 12.1 Å². The van der Waals surface area contributed by atoms with Gasteiger partial charge >= 0.3 is 5.76 Å². The predicted molar refractivity (Wildman–Crippen MR) is 88.0 cm³/mol. The molecule has 1 aromatic heterocycles. The molecule has 1 atom stereocenters. The van der Waals surface area contributed by atoms with E-state index < -0.39 is 5.76 Å². The van der Waals surface area contributed by atoms with Gasteiger partial charge in [-0.25, -0.2) is 4.79 Å². The van der Waals surface area contributed by atoms with Crippen LogP contribution in [-0.4, -0.2) is 4.98 Å². The summed E-state index contributed by atoms with van der Waals surface area (Å²) >= 11 is 2.29. The third-order valence-corrected chi connectivity index (χ3v) is 3.89. The lowest BCUT2D eigenvalue weighted by Crippen LogP contribution is -2.06. The van der Waals surface area contributed by atoms with Crippen LogP contribution in [0.5, 0.6) is 0 Å². The molecule has 2 aromatic carbocycles. The summed E-state index contributed by atoms with van der Waals surface area (Å²) in [5.74, 6) is -0.428. The Hall–Kier alpha value is -1.76. The molecule has 0 aliphatic rings. The van der Waals surface area contributed by atoms with Gasteiger partial charge < -0.3 is 9.73 Å². The molecule has 0 amide bonds. The maximum atomic E-state index is 11.1. The zero-order valence-corrected chi connectivity index (χ0v) is 13.0. The molecule has 1 unspecified atom stereocenters. The highest BCUT2D eigenvalue weighted by Crippen LogP contribution is 2.22. The summed E-state index contributed by atoms with van der Waals surface area (Å²) in [7, 11) is 0. The number of aromatic amines is 1. The first-order chi connectivity index (χ1) is 9.61. The highest BCUT2D eigenvalue weighted by atomic mass is 127. The third kappa shape index (κ3) is 2.72. The van der Waals surface area contributed by atoms with Crippen molar-refractivity contribution in [3.8, 4) is 0 Å². The normalized spacial score (nSPS) is 12.5. The molecule has 0 aliphatic carbocycles. The van der Waals surface area contributed by atoms with Crippen molar-refractivity contribution >= 4 is 39.4 Å². The Kier molecular flexibility index (Phi) is 3.52. The van der Waals surface area contributed by atoms with Crippen LogP contribution in [0.2, 0.25) is 0 Å². The smallest absolute Gasteiger partial charge is 0.408 e. The van der Waals surface area contributed by atoms with Crippen LogP contribution in [0.1, 0.15) is 18.5 Å². The van der Waals surface area contributed by atoms with E-state index in [4.69, 9.17) is 4.42 Å². The molecule has 0 saturated heterocycles. The van der Waals surface area contributed by atoms with Gasteiger partial charge in [0.15, 0.2) is 5.58 Å². The van der Waals surface area contributed by atoms with Crippen molar-refractivity contribution < 1.29 is 4.42 Å². The van der Waals surface area contributed by atoms with Crippen LogP contribution in [0.15, 0.2) is 51.7 Å². The summed E-state index contributed by atoms with van der Waals surface area (Å²) in [5.41, 5.74) is 3.43. The van der Waals surface area contributed by atoms with E-state index in [9.17, 15) is 4.79 Å². The maximum absolute atomic E-state index is 11.1. The van der Waals surface area contributed by atoms with Gasteiger partial charge in [0.25, 0.3) is 0 Å². The van der Waals surface area contributed by atoms with Crippen molar-refractivity contribution in [1.29, 1.82) is 0 Å². The Morgan fingerprint density at radius 2 is 1.95 bits per heavy atom. The van der Waals surface area contributed by atoms with Crippen LogP contribution in [0.4, 0.5) is 5.69 Å². The number of nitrogens with one attached hydrogen (secondary N) is 2. The van der Waals surface area contributed by atoms with Gasteiger partial charge in [-0.3, -0.25) is 4.98 Å². The van der Waals surface area contributed by atoms with Crippen molar-refractivity contribution in [3.05, 3.63) is 62.1 Å². The minimum atomic E-state index is -0.428. The van der Waals surface area contributed by atoms with Gasteiger partial charge in [0.05, 0.1) is 5.52 Å². The number of rotatable bonds is 3. The second kappa shape index (κ2) is 5.32. The van der Waals surface area contributed by atoms with Crippen LogP contribution < -0.4 is 11.1 Å². The van der Waals surface area contributed by atoms with E-state index in [0.29, 0.717) is 11.1 Å². The lowest BCUT2D eigenvalue weighted by molar-refractivity contribution is 0.555. The number of anilines is 1. The van der Waals surface area contributed by atoms with Crippen molar-refractivity contribution in [2.45, 2.75) is 13.0 Å². The van der Waals surface area contributed by atoms with Crippen LogP contribution in [0, 0.1) is 3.57 Å². The number of benzene rings is 2. The molecule has 4 nitrogen and oxygen atoms in total. The van der Waals surface area contributed by atoms with Gasteiger partial charge in [-0.1, -0.05) is 12.1 Å². The molecule has 102 valence electrons. The van der Waals surface area contributed by atoms with Gasteiger partial charge in [-0.15, -0.1) is 0 Å². The number of hydrogen-bond donors (Lipinski definition) is 2. The molecular weight excluding hydrogens is 367 g/mol. The number of halogens is 1. The number of oxazole rings is 1. The van der Waals surface area contributed by atoms with E-state index in [-0.39, 0.29) is 6.04 Å². The lowest BCUT2D eigenvalue weighted by Gasteiger charge is -2.15. The largest absolute Gasteiger partial charge is 0.417 e. The fraction of sp³-hybridized carbons (Fsp3) is 0.133. The summed E-state index contributed by atoms with van der Waals surface area (Å²) in [4.78, 5) is 13.8. The van der Waals surface area contributed by atoms with E-state index in [1.165, 1.54) is 9.13 Å². The highest BCUT2D eigenvalue weighted by molar-refractivity contribution is 14.1. The molecule has 0 radical (unpaired) electrons. The second-order valence-corrected chi connectivity index (χ2v) is 5.89. The van der Waals surface area contributed by atoms with E-state index in [1.54, 1.807) is 6.07 Å². The summed E-state index contributed by atoms with van der Waals surface area (Å²) in [6.45, 7) is 2.10. The van der Waals surface area contributed by atoms with Gasteiger partial charge in [0.1, 0.15) is 0 Å². The van der Waals surface area contributed by atoms with Crippen LogP contribution in [0.25, 0.3) is 11.1 Å². The van der Waals surface area contributed by atoms with Crippen LogP contribution in [0.3, 0.4) is 0 Å². The fourth-order valence-electron chi connectivity index (χ4n) is 2.13. The molecule has 3 aromatic rings. The minimum absolute atomic E-state index is 0.183.